The molecule has 0 bridgehead atoms. The van der Waals surface area contributed by atoms with Gasteiger partial charge < -0.3 is 15.4 Å². The second kappa shape index (κ2) is 9.02. The lowest BCUT2D eigenvalue weighted by Gasteiger charge is -2.38. The Morgan fingerprint density at radius 2 is 1.36 bits per heavy atom. The SMILES string of the molecule is O=C(CC1CCCC1)NCC1(NC(=O)CC2CCCC2)CCOCC1. The highest BCUT2D eigenvalue weighted by Crippen LogP contribution is 2.29. The van der Waals surface area contributed by atoms with Crippen LogP contribution in [0.1, 0.15) is 77.0 Å². The summed E-state index contributed by atoms with van der Waals surface area (Å²) in [6.45, 7) is 1.85. The van der Waals surface area contributed by atoms with E-state index in [0.717, 1.165) is 12.8 Å². The largest absolute Gasteiger partial charge is 0.381 e. The van der Waals surface area contributed by atoms with Gasteiger partial charge in [-0.25, -0.2) is 0 Å². The number of ether oxygens (including phenoxy) is 1. The van der Waals surface area contributed by atoms with Crippen LogP contribution in [0.4, 0.5) is 0 Å². The third kappa shape index (κ3) is 5.70. The van der Waals surface area contributed by atoms with Crippen molar-refractivity contribution in [1.29, 1.82) is 0 Å². The second-order valence-electron chi connectivity index (χ2n) is 8.43. The van der Waals surface area contributed by atoms with Crippen molar-refractivity contribution in [1.82, 2.24) is 10.6 Å². The van der Waals surface area contributed by atoms with E-state index in [1.54, 1.807) is 0 Å². The Morgan fingerprint density at radius 1 is 0.840 bits per heavy atom. The van der Waals surface area contributed by atoms with Gasteiger partial charge in [0.25, 0.3) is 0 Å². The van der Waals surface area contributed by atoms with Crippen LogP contribution in [0.15, 0.2) is 0 Å². The molecule has 3 fully saturated rings. The maximum atomic E-state index is 12.5. The molecule has 2 amide bonds. The molecule has 1 aliphatic heterocycles. The van der Waals surface area contributed by atoms with Gasteiger partial charge in [-0.1, -0.05) is 25.7 Å². The summed E-state index contributed by atoms with van der Waals surface area (Å²) < 4.78 is 5.49. The molecule has 1 saturated heterocycles. The monoisotopic (exact) mass is 350 g/mol. The molecule has 5 nitrogen and oxygen atoms in total. The van der Waals surface area contributed by atoms with Crippen molar-refractivity contribution in [3.05, 3.63) is 0 Å². The molecule has 0 atom stereocenters. The van der Waals surface area contributed by atoms with Crippen molar-refractivity contribution in [2.75, 3.05) is 19.8 Å². The zero-order valence-corrected chi connectivity index (χ0v) is 15.5. The van der Waals surface area contributed by atoms with Gasteiger partial charge in [-0.3, -0.25) is 9.59 Å². The Bertz CT molecular complexity index is 448. The zero-order chi connectivity index (χ0) is 17.5. The molecular formula is C20H34N2O3. The molecule has 0 aromatic rings. The van der Waals surface area contributed by atoms with Crippen LogP contribution in [-0.4, -0.2) is 37.1 Å². The van der Waals surface area contributed by atoms with E-state index in [1.165, 1.54) is 51.4 Å². The number of hydrogen-bond acceptors (Lipinski definition) is 3. The quantitative estimate of drug-likeness (QED) is 0.742. The minimum atomic E-state index is -0.320. The fraction of sp³-hybridized carbons (Fsp3) is 0.900. The Balaban J connectivity index is 1.48. The molecule has 5 heteroatoms. The first-order valence-corrected chi connectivity index (χ1v) is 10.3. The van der Waals surface area contributed by atoms with Crippen molar-refractivity contribution < 1.29 is 14.3 Å². The molecule has 142 valence electrons. The Morgan fingerprint density at radius 3 is 1.92 bits per heavy atom. The first-order chi connectivity index (χ1) is 12.2. The summed E-state index contributed by atoms with van der Waals surface area (Å²) in [5, 5.41) is 6.38. The van der Waals surface area contributed by atoms with E-state index < -0.39 is 0 Å². The van der Waals surface area contributed by atoms with E-state index in [9.17, 15) is 9.59 Å². The third-order valence-corrected chi connectivity index (χ3v) is 6.38. The summed E-state index contributed by atoms with van der Waals surface area (Å²) in [6, 6.07) is 0. The van der Waals surface area contributed by atoms with Crippen molar-refractivity contribution >= 4 is 11.8 Å². The van der Waals surface area contributed by atoms with E-state index in [-0.39, 0.29) is 17.4 Å². The Kier molecular flexibility index (Phi) is 6.74. The number of rotatable bonds is 7. The van der Waals surface area contributed by atoms with Crippen LogP contribution in [0.2, 0.25) is 0 Å². The number of hydrogen-bond donors (Lipinski definition) is 2. The van der Waals surface area contributed by atoms with Crippen LogP contribution in [0, 0.1) is 11.8 Å². The molecule has 0 aromatic heterocycles. The fourth-order valence-electron chi connectivity index (χ4n) is 4.75. The van der Waals surface area contributed by atoms with Gasteiger partial charge in [0.15, 0.2) is 0 Å². The number of carbonyl (C=O) groups excluding carboxylic acids is 2. The average Bonchev–Trinajstić information content (AvgIpc) is 3.28. The molecule has 1 heterocycles. The average molecular weight is 351 g/mol. The van der Waals surface area contributed by atoms with Crippen molar-refractivity contribution in [3.8, 4) is 0 Å². The van der Waals surface area contributed by atoms with Crippen molar-refractivity contribution in [2.45, 2.75) is 82.6 Å². The standard InChI is InChI=1S/C20H34N2O3/c23-18(13-16-5-1-2-6-16)21-15-20(9-11-25-12-10-20)22-19(24)14-17-7-3-4-8-17/h16-17H,1-15H2,(H,21,23)(H,22,24). The Labute approximate surface area is 151 Å². The van der Waals surface area contributed by atoms with Gasteiger partial charge in [-0.2, -0.15) is 0 Å². The predicted octanol–water partition coefficient (Wildman–Crippen LogP) is 2.93. The summed E-state index contributed by atoms with van der Waals surface area (Å²) in [6.07, 6.45) is 12.6. The third-order valence-electron chi connectivity index (χ3n) is 6.38. The fourth-order valence-corrected chi connectivity index (χ4v) is 4.75. The highest BCUT2D eigenvalue weighted by molar-refractivity contribution is 5.78. The predicted molar refractivity (Wildman–Crippen MR) is 97.1 cm³/mol. The molecule has 0 spiro atoms. The van der Waals surface area contributed by atoms with E-state index in [2.05, 4.69) is 10.6 Å². The number of nitrogens with one attached hydrogen (secondary N) is 2. The van der Waals surface area contributed by atoms with Gasteiger partial charge in [0, 0.05) is 32.6 Å². The summed E-state index contributed by atoms with van der Waals surface area (Å²) in [7, 11) is 0. The second-order valence-corrected chi connectivity index (χ2v) is 8.43. The molecule has 0 aromatic carbocycles. The molecule has 2 saturated carbocycles. The molecule has 3 aliphatic rings. The number of amides is 2. The highest BCUT2D eigenvalue weighted by Gasteiger charge is 2.35. The lowest BCUT2D eigenvalue weighted by molar-refractivity contribution is -0.127. The van der Waals surface area contributed by atoms with Crippen molar-refractivity contribution in [2.24, 2.45) is 11.8 Å². The van der Waals surface area contributed by atoms with E-state index in [1.807, 2.05) is 0 Å². The topological polar surface area (TPSA) is 67.4 Å². The van der Waals surface area contributed by atoms with Crippen LogP contribution >= 0.6 is 0 Å². The van der Waals surface area contributed by atoms with Gasteiger partial charge in [0.2, 0.25) is 11.8 Å². The molecule has 3 rings (SSSR count). The van der Waals surface area contributed by atoms with Crippen LogP contribution in [0.25, 0.3) is 0 Å². The van der Waals surface area contributed by atoms with Crippen LogP contribution in [-0.2, 0) is 14.3 Å². The number of carbonyl (C=O) groups is 2. The molecule has 25 heavy (non-hydrogen) atoms. The van der Waals surface area contributed by atoms with E-state index in [4.69, 9.17) is 4.74 Å². The van der Waals surface area contributed by atoms with E-state index in [0.29, 0.717) is 44.4 Å². The van der Waals surface area contributed by atoms with Gasteiger partial charge in [-0.05, 0) is 50.4 Å². The highest BCUT2D eigenvalue weighted by atomic mass is 16.5. The molecule has 2 aliphatic carbocycles. The molecule has 0 radical (unpaired) electrons. The minimum Gasteiger partial charge on any atom is -0.381 e. The maximum Gasteiger partial charge on any atom is 0.220 e. The summed E-state index contributed by atoms with van der Waals surface area (Å²) in [4.78, 5) is 24.8. The van der Waals surface area contributed by atoms with Gasteiger partial charge in [-0.15, -0.1) is 0 Å². The Hall–Kier alpha value is -1.10. The maximum absolute atomic E-state index is 12.5. The molecule has 2 N–H and O–H groups in total. The molecule has 0 unspecified atom stereocenters. The van der Waals surface area contributed by atoms with Crippen LogP contribution < -0.4 is 10.6 Å². The van der Waals surface area contributed by atoms with Crippen LogP contribution in [0.3, 0.4) is 0 Å². The van der Waals surface area contributed by atoms with Gasteiger partial charge in [0.05, 0.1) is 5.54 Å². The van der Waals surface area contributed by atoms with Gasteiger partial charge in [0.1, 0.15) is 0 Å². The van der Waals surface area contributed by atoms with Crippen LogP contribution in [0.5, 0.6) is 0 Å². The van der Waals surface area contributed by atoms with Crippen molar-refractivity contribution in [3.63, 3.8) is 0 Å². The summed E-state index contributed by atoms with van der Waals surface area (Å²) >= 11 is 0. The zero-order valence-electron chi connectivity index (χ0n) is 15.5. The summed E-state index contributed by atoms with van der Waals surface area (Å²) in [5.41, 5.74) is -0.320. The van der Waals surface area contributed by atoms with E-state index >= 15 is 0 Å². The van der Waals surface area contributed by atoms with Gasteiger partial charge >= 0.3 is 0 Å². The first kappa shape index (κ1) is 18.7. The first-order valence-electron chi connectivity index (χ1n) is 10.3. The minimum absolute atomic E-state index is 0.141. The summed E-state index contributed by atoms with van der Waals surface area (Å²) in [5.74, 6) is 1.40. The normalized spacial score (nSPS) is 24.3. The smallest absolute Gasteiger partial charge is 0.220 e. The molecular weight excluding hydrogens is 316 g/mol. The lowest BCUT2D eigenvalue weighted by atomic mass is 9.89. The lowest BCUT2D eigenvalue weighted by Crippen LogP contribution is -2.58.